The van der Waals surface area contributed by atoms with Gasteiger partial charge in [0.2, 0.25) is 0 Å². The molecule has 6 heteroatoms. The van der Waals surface area contributed by atoms with Crippen LogP contribution in [0.15, 0.2) is 47.4 Å². The fourth-order valence-corrected chi connectivity index (χ4v) is 4.31. The first-order valence-corrected chi connectivity index (χ1v) is 10.5. The zero-order valence-electron chi connectivity index (χ0n) is 16.4. The Morgan fingerprint density at radius 2 is 2.00 bits per heavy atom. The van der Waals surface area contributed by atoms with E-state index in [2.05, 4.69) is 5.32 Å². The van der Waals surface area contributed by atoms with Gasteiger partial charge in [0.25, 0.3) is 5.91 Å². The Kier molecular flexibility index (Phi) is 7.62. The van der Waals surface area contributed by atoms with Gasteiger partial charge < -0.3 is 19.5 Å². The summed E-state index contributed by atoms with van der Waals surface area (Å²) >= 11 is 1.70. The van der Waals surface area contributed by atoms with Gasteiger partial charge in [-0.1, -0.05) is 18.2 Å². The second-order valence-corrected chi connectivity index (χ2v) is 7.70. The highest BCUT2D eigenvalue weighted by atomic mass is 32.2. The van der Waals surface area contributed by atoms with Crippen molar-refractivity contribution in [3.63, 3.8) is 0 Å². The van der Waals surface area contributed by atoms with Gasteiger partial charge in [-0.25, -0.2) is 0 Å². The van der Waals surface area contributed by atoms with Crippen LogP contribution in [-0.4, -0.2) is 45.1 Å². The van der Waals surface area contributed by atoms with Gasteiger partial charge >= 0.3 is 0 Å². The molecule has 0 radical (unpaired) electrons. The van der Waals surface area contributed by atoms with Crippen LogP contribution in [0.5, 0.6) is 11.5 Å². The van der Waals surface area contributed by atoms with Crippen molar-refractivity contribution < 1.29 is 19.0 Å². The average molecular weight is 402 g/mol. The zero-order valence-corrected chi connectivity index (χ0v) is 17.2. The fraction of sp³-hybridized carbons (Fsp3) is 0.409. The third-order valence-corrected chi connectivity index (χ3v) is 5.93. The van der Waals surface area contributed by atoms with E-state index in [4.69, 9.17) is 14.2 Å². The first-order valence-electron chi connectivity index (χ1n) is 9.54. The number of rotatable bonds is 9. The van der Waals surface area contributed by atoms with Crippen molar-refractivity contribution in [1.29, 1.82) is 0 Å². The molecule has 5 nitrogen and oxygen atoms in total. The van der Waals surface area contributed by atoms with E-state index in [0.29, 0.717) is 24.1 Å². The van der Waals surface area contributed by atoms with Gasteiger partial charge in [-0.3, -0.25) is 4.79 Å². The maximum atomic E-state index is 12.7. The number of hydrogen-bond donors (Lipinski definition) is 1. The molecule has 0 saturated carbocycles. The normalized spacial score (nSPS) is 16.0. The smallest absolute Gasteiger partial charge is 0.252 e. The van der Waals surface area contributed by atoms with Crippen LogP contribution in [0.2, 0.25) is 0 Å². The Morgan fingerprint density at radius 1 is 1.18 bits per heavy atom. The lowest BCUT2D eigenvalue weighted by Gasteiger charge is -2.13. The van der Waals surface area contributed by atoms with Crippen LogP contribution in [0.1, 0.15) is 28.8 Å². The van der Waals surface area contributed by atoms with E-state index in [0.717, 1.165) is 47.6 Å². The van der Waals surface area contributed by atoms with Gasteiger partial charge in [0.1, 0.15) is 0 Å². The standard InChI is InChI=1S/C22H27NO4S/c1-25-19-10-9-16(14-20(19)26-2)11-12-23-22(24)18-7-3-4-8-21(18)28-15-17-6-5-13-27-17/h3-4,7-10,14,17H,5-6,11-13,15H2,1-2H3,(H,23,24). The Hall–Kier alpha value is -2.18. The SMILES string of the molecule is COc1ccc(CCNC(=O)c2ccccc2SCC2CCCO2)cc1OC. The molecule has 0 aliphatic carbocycles. The molecule has 1 fully saturated rings. The molecule has 0 aromatic heterocycles. The number of nitrogens with one attached hydrogen (secondary N) is 1. The summed E-state index contributed by atoms with van der Waals surface area (Å²) in [7, 11) is 3.24. The van der Waals surface area contributed by atoms with E-state index < -0.39 is 0 Å². The van der Waals surface area contributed by atoms with Crippen molar-refractivity contribution in [2.24, 2.45) is 0 Å². The number of amides is 1. The summed E-state index contributed by atoms with van der Waals surface area (Å²) in [5.41, 5.74) is 1.80. The molecule has 1 atom stereocenters. The van der Waals surface area contributed by atoms with Crippen LogP contribution in [0.25, 0.3) is 0 Å². The van der Waals surface area contributed by atoms with Crippen LogP contribution >= 0.6 is 11.8 Å². The molecule has 1 aliphatic heterocycles. The molecular weight excluding hydrogens is 374 g/mol. The number of hydrogen-bond acceptors (Lipinski definition) is 5. The third-order valence-electron chi connectivity index (χ3n) is 4.73. The molecule has 1 aliphatic rings. The van der Waals surface area contributed by atoms with E-state index in [9.17, 15) is 4.79 Å². The highest BCUT2D eigenvalue weighted by Gasteiger charge is 2.17. The lowest BCUT2D eigenvalue weighted by molar-refractivity contribution is 0.0951. The highest BCUT2D eigenvalue weighted by Crippen LogP contribution is 2.28. The minimum Gasteiger partial charge on any atom is -0.493 e. The minimum atomic E-state index is -0.0454. The zero-order chi connectivity index (χ0) is 19.8. The van der Waals surface area contributed by atoms with Crippen LogP contribution in [0.3, 0.4) is 0 Å². The molecule has 2 aromatic carbocycles. The predicted molar refractivity (Wildman–Crippen MR) is 112 cm³/mol. The molecular formula is C22H27NO4S. The summed E-state index contributed by atoms with van der Waals surface area (Å²) in [5, 5.41) is 3.03. The average Bonchev–Trinajstić information content (AvgIpc) is 3.26. The summed E-state index contributed by atoms with van der Waals surface area (Å²) in [5.74, 6) is 2.24. The van der Waals surface area contributed by atoms with Crippen LogP contribution < -0.4 is 14.8 Å². The van der Waals surface area contributed by atoms with Crippen molar-refractivity contribution in [3.8, 4) is 11.5 Å². The first kappa shape index (κ1) is 20.6. The molecule has 1 amide bonds. The lowest BCUT2D eigenvalue weighted by atomic mass is 10.1. The van der Waals surface area contributed by atoms with Gasteiger partial charge in [0, 0.05) is 23.8 Å². The van der Waals surface area contributed by atoms with Crippen LogP contribution in [-0.2, 0) is 11.2 Å². The maximum absolute atomic E-state index is 12.7. The van der Waals surface area contributed by atoms with Crippen molar-refractivity contribution in [2.45, 2.75) is 30.3 Å². The molecule has 28 heavy (non-hydrogen) atoms. The summed E-state index contributed by atoms with van der Waals surface area (Å²) in [6.45, 7) is 1.41. The molecule has 0 spiro atoms. The van der Waals surface area contributed by atoms with E-state index in [1.807, 2.05) is 42.5 Å². The number of ether oxygens (including phenoxy) is 3. The summed E-state index contributed by atoms with van der Waals surface area (Å²) in [6, 6.07) is 13.6. The Balaban J connectivity index is 1.54. The van der Waals surface area contributed by atoms with Crippen LogP contribution in [0.4, 0.5) is 0 Å². The maximum Gasteiger partial charge on any atom is 0.252 e. The van der Waals surface area contributed by atoms with Crippen molar-refractivity contribution in [2.75, 3.05) is 33.1 Å². The lowest BCUT2D eigenvalue weighted by Crippen LogP contribution is -2.26. The molecule has 150 valence electrons. The molecule has 1 unspecified atom stereocenters. The highest BCUT2D eigenvalue weighted by molar-refractivity contribution is 7.99. The van der Waals surface area contributed by atoms with Crippen molar-refractivity contribution >= 4 is 17.7 Å². The number of thioether (sulfide) groups is 1. The Morgan fingerprint density at radius 3 is 2.75 bits per heavy atom. The Labute approximate surface area is 170 Å². The number of carbonyl (C=O) groups excluding carboxylic acids is 1. The Bertz CT molecular complexity index is 790. The molecule has 3 rings (SSSR count). The van der Waals surface area contributed by atoms with E-state index in [1.54, 1.807) is 26.0 Å². The van der Waals surface area contributed by atoms with E-state index in [-0.39, 0.29) is 5.91 Å². The molecule has 2 aromatic rings. The van der Waals surface area contributed by atoms with Gasteiger partial charge in [-0.2, -0.15) is 0 Å². The first-order chi connectivity index (χ1) is 13.7. The minimum absolute atomic E-state index is 0.0454. The number of carbonyl (C=O) groups is 1. The van der Waals surface area contributed by atoms with Gasteiger partial charge in [0.15, 0.2) is 11.5 Å². The van der Waals surface area contributed by atoms with Gasteiger partial charge in [-0.15, -0.1) is 11.8 Å². The number of benzene rings is 2. The molecule has 1 heterocycles. The van der Waals surface area contributed by atoms with Crippen LogP contribution in [0, 0.1) is 0 Å². The third kappa shape index (κ3) is 5.42. The monoisotopic (exact) mass is 401 g/mol. The molecule has 1 saturated heterocycles. The van der Waals surface area contributed by atoms with Crippen molar-refractivity contribution in [3.05, 3.63) is 53.6 Å². The topological polar surface area (TPSA) is 56.8 Å². The summed E-state index contributed by atoms with van der Waals surface area (Å²) < 4.78 is 16.3. The summed E-state index contributed by atoms with van der Waals surface area (Å²) in [4.78, 5) is 13.7. The second-order valence-electron chi connectivity index (χ2n) is 6.64. The van der Waals surface area contributed by atoms with E-state index in [1.165, 1.54) is 0 Å². The van der Waals surface area contributed by atoms with Crippen molar-refractivity contribution in [1.82, 2.24) is 5.32 Å². The van der Waals surface area contributed by atoms with Gasteiger partial charge in [0.05, 0.1) is 25.9 Å². The van der Waals surface area contributed by atoms with Gasteiger partial charge in [-0.05, 0) is 49.1 Å². The quantitative estimate of drug-likeness (QED) is 0.645. The number of methoxy groups -OCH3 is 2. The molecule has 0 bridgehead atoms. The van der Waals surface area contributed by atoms with E-state index >= 15 is 0 Å². The summed E-state index contributed by atoms with van der Waals surface area (Å²) in [6.07, 6.45) is 3.25. The fourth-order valence-electron chi connectivity index (χ4n) is 3.19. The largest absolute Gasteiger partial charge is 0.493 e. The second kappa shape index (κ2) is 10.4. The predicted octanol–water partition coefficient (Wildman–Crippen LogP) is 3.95. The molecule has 1 N–H and O–H groups in total.